The van der Waals surface area contributed by atoms with Crippen molar-refractivity contribution in [3.05, 3.63) is 77.9 Å². The van der Waals surface area contributed by atoms with Gasteiger partial charge in [-0.1, -0.05) is 24.3 Å². The zero-order valence-corrected chi connectivity index (χ0v) is 17.9. The van der Waals surface area contributed by atoms with Crippen molar-refractivity contribution in [1.29, 1.82) is 0 Å². The summed E-state index contributed by atoms with van der Waals surface area (Å²) in [5.41, 5.74) is 1.95. The molecule has 3 rings (SSSR count). The van der Waals surface area contributed by atoms with Crippen LogP contribution < -0.4 is 25.4 Å². The summed E-state index contributed by atoms with van der Waals surface area (Å²) in [6, 6.07) is 18.1. The van der Waals surface area contributed by atoms with Gasteiger partial charge in [-0.05, 0) is 43.3 Å². The van der Waals surface area contributed by atoms with Crippen molar-refractivity contribution in [1.82, 2.24) is 0 Å². The molecule has 8 heteroatoms. The molecule has 3 amide bonds. The fourth-order valence-corrected chi connectivity index (χ4v) is 3.02. The van der Waals surface area contributed by atoms with Gasteiger partial charge in [0.25, 0.3) is 5.91 Å². The second-order valence-electron chi connectivity index (χ2n) is 6.79. The summed E-state index contributed by atoms with van der Waals surface area (Å²) in [7, 11) is 2.93. The lowest BCUT2D eigenvalue weighted by Gasteiger charge is -2.15. The number of amides is 3. The lowest BCUT2D eigenvalue weighted by Crippen LogP contribution is -2.20. The van der Waals surface area contributed by atoms with Crippen LogP contribution in [0.4, 0.5) is 21.9 Å². The van der Waals surface area contributed by atoms with Crippen LogP contribution in [0.2, 0.25) is 0 Å². The Bertz CT molecular complexity index is 1150. The summed E-state index contributed by atoms with van der Waals surface area (Å²) in [5.74, 6) is 0.0632. The van der Waals surface area contributed by atoms with Crippen LogP contribution in [-0.2, 0) is 0 Å². The van der Waals surface area contributed by atoms with Gasteiger partial charge in [-0.3, -0.25) is 9.59 Å². The monoisotopic (exact) mass is 433 g/mol. The number of para-hydroxylation sites is 1. The SMILES string of the molecule is COc1cc(NC(=O)c2cccc(NC(=O)Nc3ccccc3)c2)c(C(C)=O)cc1OC. The zero-order chi connectivity index (χ0) is 23.1. The van der Waals surface area contributed by atoms with Crippen LogP contribution in [-0.4, -0.2) is 31.9 Å². The summed E-state index contributed by atoms with van der Waals surface area (Å²) < 4.78 is 10.5. The summed E-state index contributed by atoms with van der Waals surface area (Å²) in [5, 5.41) is 8.13. The van der Waals surface area contributed by atoms with E-state index in [1.54, 1.807) is 30.3 Å². The van der Waals surface area contributed by atoms with E-state index in [0.717, 1.165) is 0 Å². The largest absolute Gasteiger partial charge is 0.493 e. The normalized spacial score (nSPS) is 10.1. The van der Waals surface area contributed by atoms with Gasteiger partial charge in [0.2, 0.25) is 0 Å². The molecule has 0 atom stereocenters. The Morgan fingerprint density at radius 2 is 1.34 bits per heavy atom. The molecule has 3 aromatic rings. The Kier molecular flexibility index (Phi) is 7.07. The highest BCUT2D eigenvalue weighted by Crippen LogP contribution is 2.34. The third-order valence-electron chi connectivity index (χ3n) is 4.57. The number of Topliss-reactive ketones (excluding diaryl/α,β-unsaturated/α-hetero) is 1. The van der Waals surface area contributed by atoms with Gasteiger partial charge in [-0.25, -0.2) is 4.79 Å². The molecule has 0 aliphatic carbocycles. The maximum atomic E-state index is 12.8. The lowest BCUT2D eigenvalue weighted by atomic mass is 10.1. The van der Waals surface area contributed by atoms with Crippen LogP contribution >= 0.6 is 0 Å². The molecule has 0 aliphatic heterocycles. The number of ether oxygens (including phenoxy) is 2. The van der Waals surface area contributed by atoms with Gasteiger partial charge in [0.15, 0.2) is 17.3 Å². The molecule has 0 fully saturated rings. The van der Waals surface area contributed by atoms with Crippen LogP contribution in [0.1, 0.15) is 27.6 Å². The Balaban J connectivity index is 1.77. The van der Waals surface area contributed by atoms with E-state index in [-0.39, 0.29) is 11.3 Å². The van der Waals surface area contributed by atoms with Gasteiger partial charge in [0, 0.05) is 28.6 Å². The fourth-order valence-electron chi connectivity index (χ4n) is 3.02. The summed E-state index contributed by atoms with van der Waals surface area (Å²) in [6.07, 6.45) is 0. The van der Waals surface area contributed by atoms with Crippen LogP contribution in [0, 0.1) is 0 Å². The molecule has 0 heterocycles. The molecule has 0 aromatic heterocycles. The highest BCUT2D eigenvalue weighted by Gasteiger charge is 2.17. The molecule has 0 unspecified atom stereocenters. The number of ketones is 1. The first kappa shape index (κ1) is 22.4. The van der Waals surface area contributed by atoms with E-state index in [4.69, 9.17) is 9.47 Å². The van der Waals surface area contributed by atoms with E-state index >= 15 is 0 Å². The van der Waals surface area contributed by atoms with Gasteiger partial charge in [-0.2, -0.15) is 0 Å². The third kappa shape index (κ3) is 5.42. The van der Waals surface area contributed by atoms with Gasteiger partial charge in [-0.15, -0.1) is 0 Å². The van der Waals surface area contributed by atoms with E-state index < -0.39 is 11.9 Å². The molecule has 3 N–H and O–H groups in total. The van der Waals surface area contributed by atoms with Crippen LogP contribution in [0.5, 0.6) is 11.5 Å². The lowest BCUT2D eigenvalue weighted by molar-refractivity contribution is 0.101. The van der Waals surface area contributed by atoms with Gasteiger partial charge >= 0.3 is 6.03 Å². The number of hydrogen-bond donors (Lipinski definition) is 3. The van der Waals surface area contributed by atoms with Crippen molar-refractivity contribution in [2.45, 2.75) is 6.92 Å². The highest BCUT2D eigenvalue weighted by molar-refractivity contribution is 6.10. The molecule has 32 heavy (non-hydrogen) atoms. The molecule has 0 saturated heterocycles. The Labute approximate surface area is 185 Å². The molecule has 8 nitrogen and oxygen atoms in total. The molecule has 0 aliphatic rings. The molecular formula is C24H23N3O5. The Morgan fingerprint density at radius 3 is 2.00 bits per heavy atom. The first-order chi connectivity index (χ1) is 15.4. The van der Waals surface area contributed by atoms with Gasteiger partial charge in [0.05, 0.1) is 19.9 Å². The van der Waals surface area contributed by atoms with E-state index in [0.29, 0.717) is 34.1 Å². The number of benzene rings is 3. The summed E-state index contributed by atoms with van der Waals surface area (Å²) in [4.78, 5) is 37.1. The zero-order valence-electron chi connectivity index (χ0n) is 17.9. The molecular weight excluding hydrogens is 410 g/mol. The molecule has 0 spiro atoms. The van der Waals surface area contributed by atoms with Crippen molar-refractivity contribution in [2.24, 2.45) is 0 Å². The molecule has 0 radical (unpaired) electrons. The molecule has 0 saturated carbocycles. The average Bonchev–Trinajstić information content (AvgIpc) is 2.79. The third-order valence-corrected chi connectivity index (χ3v) is 4.57. The minimum absolute atomic E-state index is 0.241. The predicted octanol–water partition coefficient (Wildman–Crippen LogP) is 4.80. The maximum Gasteiger partial charge on any atom is 0.323 e. The number of nitrogens with one attached hydrogen (secondary N) is 3. The molecule has 3 aromatic carbocycles. The summed E-state index contributed by atoms with van der Waals surface area (Å²) in [6.45, 7) is 1.40. The van der Waals surface area contributed by atoms with Crippen LogP contribution in [0.25, 0.3) is 0 Å². The van der Waals surface area contributed by atoms with Gasteiger partial charge < -0.3 is 25.4 Å². The second-order valence-corrected chi connectivity index (χ2v) is 6.79. The number of urea groups is 1. The quantitative estimate of drug-likeness (QED) is 0.464. The average molecular weight is 433 g/mol. The minimum atomic E-state index is -0.452. The van der Waals surface area contributed by atoms with Crippen LogP contribution in [0.3, 0.4) is 0 Å². The number of rotatable bonds is 7. The van der Waals surface area contributed by atoms with E-state index in [2.05, 4.69) is 16.0 Å². The van der Waals surface area contributed by atoms with Crippen molar-refractivity contribution in [2.75, 3.05) is 30.2 Å². The van der Waals surface area contributed by atoms with E-state index in [9.17, 15) is 14.4 Å². The fraction of sp³-hybridized carbons (Fsp3) is 0.125. The number of carbonyl (C=O) groups is 3. The van der Waals surface area contributed by atoms with Crippen molar-refractivity contribution >= 4 is 34.8 Å². The summed E-state index contributed by atoms with van der Waals surface area (Å²) >= 11 is 0. The Hall–Kier alpha value is -4.33. The van der Waals surface area contributed by atoms with E-state index in [1.807, 2.05) is 18.2 Å². The first-order valence-corrected chi connectivity index (χ1v) is 9.72. The van der Waals surface area contributed by atoms with Crippen LogP contribution in [0.15, 0.2) is 66.7 Å². The maximum absolute atomic E-state index is 12.8. The van der Waals surface area contributed by atoms with Gasteiger partial charge in [0.1, 0.15) is 0 Å². The van der Waals surface area contributed by atoms with Crippen molar-refractivity contribution in [3.8, 4) is 11.5 Å². The smallest absolute Gasteiger partial charge is 0.323 e. The number of hydrogen-bond acceptors (Lipinski definition) is 5. The first-order valence-electron chi connectivity index (χ1n) is 9.72. The minimum Gasteiger partial charge on any atom is -0.493 e. The van der Waals surface area contributed by atoms with Crippen molar-refractivity contribution < 1.29 is 23.9 Å². The molecule has 164 valence electrons. The standard InChI is InChI=1S/C24H23N3O5/c1-15(28)19-13-21(31-2)22(32-3)14-20(19)27-23(29)16-8-7-11-18(12-16)26-24(30)25-17-9-5-4-6-10-17/h4-14H,1-3H3,(H,27,29)(H2,25,26,30). The molecule has 0 bridgehead atoms. The van der Waals surface area contributed by atoms with Crippen molar-refractivity contribution in [3.63, 3.8) is 0 Å². The number of methoxy groups -OCH3 is 2. The van der Waals surface area contributed by atoms with E-state index in [1.165, 1.54) is 39.3 Å². The number of anilines is 3. The topological polar surface area (TPSA) is 106 Å². The Morgan fingerprint density at radius 1 is 0.719 bits per heavy atom. The predicted molar refractivity (Wildman–Crippen MR) is 123 cm³/mol. The second kappa shape index (κ2) is 10.1. The number of carbonyl (C=O) groups excluding carboxylic acids is 3. The highest BCUT2D eigenvalue weighted by atomic mass is 16.5.